The maximum Gasteiger partial charge on any atom is 0.275 e. The molecule has 0 aliphatic carbocycles. The van der Waals surface area contributed by atoms with Crippen LogP contribution in [0.5, 0.6) is 0 Å². The number of carbonyl (C=O) groups excluding carboxylic acids is 1. The lowest BCUT2D eigenvalue weighted by atomic mass is 10.2. The Morgan fingerprint density at radius 3 is 2.52 bits per heavy atom. The van der Waals surface area contributed by atoms with Crippen LogP contribution in [0.25, 0.3) is 0 Å². The van der Waals surface area contributed by atoms with E-state index < -0.39 is 15.8 Å². The Balaban J connectivity index is 1.51. The van der Waals surface area contributed by atoms with Crippen LogP contribution >= 0.6 is 0 Å². The van der Waals surface area contributed by atoms with Gasteiger partial charge in [-0.05, 0) is 43.3 Å². The number of hydrogen-bond donors (Lipinski definition) is 2. The third kappa shape index (κ3) is 4.74. The first-order chi connectivity index (χ1) is 12.9. The second kappa shape index (κ2) is 8.20. The minimum absolute atomic E-state index is 0.0809. The Bertz CT molecular complexity index is 861. The van der Waals surface area contributed by atoms with Gasteiger partial charge in [0.05, 0.1) is 43.4 Å². The fourth-order valence-corrected chi connectivity index (χ4v) is 4.55. The molecule has 9 heteroatoms. The van der Waals surface area contributed by atoms with Crippen LogP contribution in [-0.2, 0) is 14.8 Å². The van der Waals surface area contributed by atoms with E-state index in [0.29, 0.717) is 31.9 Å². The summed E-state index contributed by atoms with van der Waals surface area (Å²) in [6.45, 7) is 3.81. The van der Waals surface area contributed by atoms with Crippen LogP contribution in [0.4, 0.5) is 4.39 Å². The topological polar surface area (TPSA) is 84.1 Å². The molecule has 27 heavy (non-hydrogen) atoms. The van der Waals surface area contributed by atoms with Gasteiger partial charge < -0.3 is 14.6 Å². The molecular weight excluding hydrogens is 373 g/mol. The van der Waals surface area contributed by atoms with Crippen molar-refractivity contribution in [2.24, 2.45) is 0 Å². The highest BCUT2D eigenvalue weighted by Gasteiger charge is 2.31. The van der Waals surface area contributed by atoms with E-state index in [1.54, 1.807) is 18.4 Å². The highest BCUT2D eigenvalue weighted by molar-refractivity contribution is 7.89. The molecule has 7 nitrogen and oxygen atoms in total. The average molecular weight is 396 g/mol. The fourth-order valence-electron chi connectivity index (χ4n) is 3.10. The van der Waals surface area contributed by atoms with Crippen LogP contribution in [-0.4, -0.2) is 51.4 Å². The van der Waals surface area contributed by atoms with E-state index >= 15 is 0 Å². The Hall–Kier alpha value is -2.23. The molecule has 3 rings (SSSR count). The second-order valence-corrected chi connectivity index (χ2v) is 8.53. The maximum atomic E-state index is 13.0. The summed E-state index contributed by atoms with van der Waals surface area (Å²) in [5.41, 5.74) is 0. The first kappa shape index (κ1) is 19.5. The zero-order valence-electron chi connectivity index (χ0n) is 15.0. The minimum atomic E-state index is -3.64. The monoisotopic (exact) mass is 396 g/mol. The first-order valence-corrected chi connectivity index (χ1v) is 10.2. The van der Waals surface area contributed by atoms with Crippen molar-refractivity contribution in [2.45, 2.75) is 17.9 Å². The Morgan fingerprint density at radius 2 is 1.93 bits per heavy atom. The van der Waals surface area contributed by atoms with Crippen molar-refractivity contribution in [3.8, 4) is 0 Å². The number of sulfonamides is 1. The predicted octanol–water partition coefficient (Wildman–Crippen LogP) is 0.185. The van der Waals surface area contributed by atoms with Gasteiger partial charge in [0.15, 0.2) is 6.54 Å². The third-order valence-electron chi connectivity index (χ3n) is 4.64. The first-order valence-electron chi connectivity index (χ1n) is 8.78. The van der Waals surface area contributed by atoms with Crippen LogP contribution in [0.2, 0.25) is 0 Å². The van der Waals surface area contributed by atoms with Crippen LogP contribution in [0.15, 0.2) is 52.0 Å². The van der Waals surface area contributed by atoms with Gasteiger partial charge >= 0.3 is 0 Å². The Kier molecular flexibility index (Phi) is 5.93. The highest BCUT2D eigenvalue weighted by atomic mass is 32.2. The summed E-state index contributed by atoms with van der Waals surface area (Å²) in [6.07, 6.45) is 1.56. The van der Waals surface area contributed by atoms with E-state index in [1.165, 1.54) is 16.4 Å². The molecule has 0 bridgehead atoms. The lowest BCUT2D eigenvalue weighted by molar-refractivity contribution is -0.895. The molecule has 2 N–H and O–H groups in total. The van der Waals surface area contributed by atoms with E-state index in [-0.39, 0.29) is 23.4 Å². The summed E-state index contributed by atoms with van der Waals surface area (Å²) in [6, 6.07) is 8.17. The van der Waals surface area contributed by atoms with Crippen molar-refractivity contribution >= 4 is 15.9 Å². The zero-order valence-corrected chi connectivity index (χ0v) is 15.8. The number of nitrogens with zero attached hydrogens (tertiary/aromatic N) is 1. The summed E-state index contributed by atoms with van der Waals surface area (Å²) < 4.78 is 44.9. The Morgan fingerprint density at radius 1 is 1.26 bits per heavy atom. The second-order valence-electron chi connectivity index (χ2n) is 6.59. The number of hydrogen-bond acceptors (Lipinski definition) is 4. The lowest BCUT2D eigenvalue weighted by Crippen LogP contribution is -3.15. The van der Waals surface area contributed by atoms with Gasteiger partial charge in [0.1, 0.15) is 11.6 Å². The molecule has 1 atom stereocenters. The standard InChI is InChI=1S/C18H22FN3O4S/c1-14(17-3-2-12-26-17)20-18(23)13-21-8-10-22(11-9-21)27(24,25)16-6-4-15(19)5-7-16/h2-7,12,14H,8-11,13H2,1H3,(H,20,23)/p+1/t14-/m1/s1. The molecule has 1 aliphatic rings. The number of benzene rings is 1. The van der Waals surface area contributed by atoms with Gasteiger partial charge in [0, 0.05) is 0 Å². The Labute approximate surface area is 157 Å². The molecule has 1 aromatic carbocycles. The van der Waals surface area contributed by atoms with Crippen molar-refractivity contribution in [3.63, 3.8) is 0 Å². The lowest BCUT2D eigenvalue weighted by Gasteiger charge is -2.31. The molecule has 1 saturated heterocycles. The molecule has 0 saturated carbocycles. The summed E-state index contributed by atoms with van der Waals surface area (Å²) in [7, 11) is -3.64. The van der Waals surface area contributed by atoms with E-state index in [1.807, 2.05) is 6.92 Å². The number of rotatable bonds is 6. The van der Waals surface area contributed by atoms with Crippen LogP contribution in [0.3, 0.4) is 0 Å². The molecule has 0 unspecified atom stereocenters. The van der Waals surface area contributed by atoms with Gasteiger partial charge in [0.2, 0.25) is 10.0 Å². The fraction of sp³-hybridized carbons (Fsp3) is 0.389. The minimum Gasteiger partial charge on any atom is -0.467 e. The number of furan rings is 1. The normalized spacial score (nSPS) is 17.6. The van der Waals surface area contributed by atoms with Gasteiger partial charge in [-0.1, -0.05) is 0 Å². The average Bonchev–Trinajstić information content (AvgIpc) is 3.17. The number of nitrogens with one attached hydrogen (secondary N) is 2. The molecule has 0 radical (unpaired) electrons. The molecule has 2 heterocycles. The molecule has 1 aromatic heterocycles. The molecule has 146 valence electrons. The van der Waals surface area contributed by atoms with Crippen molar-refractivity contribution in [1.82, 2.24) is 9.62 Å². The third-order valence-corrected chi connectivity index (χ3v) is 6.55. The van der Waals surface area contributed by atoms with Gasteiger partial charge in [-0.15, -0.1) is 0 Å². The van der Waals surface area contributed by atoms with E-state index in [2.05, 4.69) is 5.32 Å². The van der Waals surface area contributed by atoms with E-state index in [4.69, 9.17) is 4.42 Å². The number of quaternary nitrogens is 1. The van der Waals surface area contributed by atoms with Gasteiger partial charge in [-0.3, -0.25) is 4.79 Å². The summed E-state index contributed by atoms with van der Waals surface area (Å²) in [5.74, 6) is 0.107. The van der Waals surface area contributed by atoms with Crippen molar-refractivity contribution in [3.05, 3.63) is 54.2 Å². The summed E-state index contributed by atoms with van der Waals surface area (Å²) in [4.78, 5) is 13.3. The summed E-state index contributed by atoms with van der Waals surface area (Å²) in [5, 5.41) is 2.88. The molecular formula is C18H23FN3O4S+. The largest absolute Gasteiger partial charge is 0.467 e. The highest BCUT2D eigenvalue weighted by Crippen LogP contribution is 2.16. The quantitative estimate of drug-likeness (QED) is 0.730. The van der Waals surface area contributed by atoms with Crippen LogP contribution in [0.1, 0.15) is 18.7 Å². The molecule has 1 fully saturated rings. The van der Waals surface area contributed by atoms with Crippen molar-refractivity contribution in [1.29, 1.82) is 0 Å². The van der Waals surface area contributed by atoms with Gasteiger partial charge in [-0.25, -0.2) is 12.8 Å². The van der Waals surface area contributed by atoms with Crippen molar-refractivity contribution < 1.29 is 26.9 Å². The smallest absolute Gasteiger partial charge is 0.275 e. The van der Waals surface area contributed by atoms with Crippen LogP contribution in [0, 0.1) is 5.82 Å². The number of amides is 1. The maximum absolute atomic E-state index is 13.0. The molecule has 1 amide bonds. The molecule has 1 aliphatic heterocycles. The summed E-state index contributed by atoms with van der Waals surface area (Å²) >= 11 is 0. The number of carbonyl (C=O) groups is 1. The van der Waals surface area contributed by atoms with Gasteiger partial charge in [0.25, 0.3) is 5.91 Å². The van der Waals surface area contributed by atoms with Crippen molar-refractivity contribution in [2.75, 3.05) is 32.7 Å². The van der Waals surface area contributed by atoms with E-state index in [0.717, 1.165) is 17.0 Å². The number of piperazine rings is 1. The van der Waals surface area contributed by atoms with E-state index in [9.17, 15) is 17.6 Å². The van der Waals surface area contributed by atoms with Crippen LogP contribution < -0.4 is 10.2 Å². The van der Waals surface area contributed by atoms with Gasteiger partial charge in [-0.2, -0.15) is 4.31 Å². The zero-order chi connectivity index (χ0) is 19.4. The SMILES string of the molecule is C[C@@H](NC(=O)C[NH+]1CCN(S(=O)(=O)c2ccc(F)cc2)CC1)c1ccco1. The predicted molar refractivity (Wildman–Crippen MR) is 96.0 cm³/mol. The number of halogens is 1. The molecule has 2 aromatic rings. The molecule has 0 spiro atoms.